The van der Waals surface area contributed by atoms with Gasteiger partial charge in [0.15, 0.2) is 4.96 Å². The average Bonchev–Trinajstić information content (AvgIpc) is 3.11. The van der Waals surface area contributed by atoms with Gasteiger partial charge in [0.25, 0.3) is 0 Å². The third kappa shape index (κ3) is 3.18. The van der Waals surface area contributed by atoms with E-state index in [1.165, 1.54) is 11.3 Å². The third-order valence-electron chi connectivity index (χ3n) is 3.35. The SMILES string of the molecule is O=C(Cc1csc2nc(-c3ccccc3)cn12)NCCCO. The Bertz CT molecular complexity index is 764. The van der Waals surface area contributed by atoms with Gasteiger partial charge in [-0.15, -0.1) is 11.3 Å². The molecule has 0 aliphatic carbocycles. The number of hydrogen-bond acceptors (Lipinski definition) is 4. The standard InChI is InChI=1S/C16H17N3O2S/c20-8-4-7-17-15(21)9-13-11-22-16-18-14(10-19(13)16)12-5-2-1-3-6-12/h1-3,5-6,10-11,20H,4,7-9H2,(H,17,21). The summed E-state index contributed by atoms with van der Waals surface area (Å²) in [7, 11) is 0. The molecule has 0 saturated heterocycles. The van der Waals surface area contributed by atoms with Crippen LogP contribution in [0.1, 0.15) is 12.1 Å². The van der Waals surface area contributed by atoms with Crippen LogP contribution < -0.4 is 5.32 Å². The number of nitrogens with one attached hydrogen (secondary N) is 1. The Labute approximate surface area is 132 Å². The number of benzene rings is 1. The summed E-state index contributed by atoms with van der Waals surface area (Å²) in [5, 5.41) is 13.5. The Kier molecular flexibility index (Phi) is 4.50. The maximum atomic E-state index is 11.9. The highest BCUT2D eigenvalue weighted by Gasteiger charge is 2.12. The zero-order chi connectivity index (χ0) is 15.4. The molecule has 2 aromatic heterocycles. The summed E-state index contributed by atoms with van der Waals surface area (Å²) < 4.78 is 1.97. The fourth-order valence-corrected chi connectivity index (χ4v) is 3.11. The zero-order valence-electron chi connectivity index (χ0n) is 12.0. The number of thiazole rings is 1. The van der Waals surface area contributed by atoms with Crippen molar-refractivity contribution in [2.75, 3.05) is 13.2 Å². The molecule has 2 N–H and O–H groups in total. The van der Waals surface area contributed by atoms with E-state index < -0.39 is 0 Å². The minimum Gasteiger partial charge on any atom is -0.396 e. The highest BCUT2D eigenvalue weighted by molar-refractivity contribution is 7.15. The van der Waals surface area contributed by atoms with Crippen LogP contribution in [-0.4, -0.2) is 33.6 Å². The van der Waals surface area contributed by atoms with Crippen LogP contribution >= 0.6 is 11.3 Å². The van der Waals surface area contributed by atoms with Crippen molar-refractivity contribution in [2.45, 2.75) is 12.8 Å². The number of amides is 1. The van der Waals surface area contributed by atoms with E-state index in [4.69, 9.17) is 5.11 Å². The lowest BCUT2D eigenvalue weighted by molar-refractivity contribution is -0.120. The predicted molar refractivity (Wildman–Crippen MR) is 86.9 cm³/mol. The second kappa shape index (κ2) is 6.72. The molecule has 0 spiro atoms. The van der Waals surface area contributed by atoms with Gasteiger partial charge >= 0.3 is 0 Å². The van der Waals surface area contributed by atoms with Crippen molar-refractivity contribution < 1.29 is 9.90 Å². The van der Waals surface area contributed by atoms with Gasteiger partial charge in [-0.3, -0.25) is 9.20 Å². The van der Waals surface area contributed by atoms with Crippen molar-refractivity contribution >= 4 is 22.2 Å². The Balaban J connectivity index is 1.77. The van der Waals surface area contributed by atoms with Gasteiger partial charge in [-0.25, -0.2) is 4.98 Å². The Morgan fingerprint density at radius 1 is 1.32 bits per heavy atom. The number of carbonyl (C=O) groups is 1. The monoisotopic (exact) mass is 315 g/mol. The Morgan fingerprint density at radius 3 is 2.91 bits per heavy atom. The van der Waals surface area contributed by atoms with Gasteiger partial charge in [0.05, 0.1) is 12.1 Å². The van der Waals surface area contributed by atoms with E-state index in [1.54, 1.807) is 0 Å². The molecule has 2 heterocycles. The number of carbonyl (C=O) groups excluding carboxylic acids is 1. The van der Waals surface area contributed by atoms with Gasteiger partial charge in [-0.1, -0.05) is 30.3 Å². The quantitative estimate of drug-likeness (QED) is 0.685. The fraction of sp³-hybridized carbons (Fsp3) is 0.250. The topological polar surface area (TPSA) is 66.6 Å². The first-order valence-electron chi connectivity index (χ1n) is 7.16. The lowest BCUT2D eigenvalue weighted by Gasteiger charge is -2.03. The van der Waals surface area contributed by atoms with Crippen LogP contribution in [0.15, 0.2) is 41.9 Å². The van der Waals surface area contributed by atoms with Gasteiger partial charge < -0.3 is 10.4 Å². The number of aliphatic hydroxyl groups is 1. The van der Waals surface area contributed by atoms with Crippen molar-refractivity contribution in [3.8, 4) is 11.3 Å². The van der Waals surface area contributed by atoms with Gasteiger partial charge in [0.1, 0.15) is 0 Å². The van der Waals surface area contributed by atoms with Gasteiger partial charge in [0.2, 0.25) is 5.91 Å². The van der Waals surface area contributed by atoms with E-state index in [0.717, 1.165) is 21.9 Å². The number of rotatable bonds is 6. The fourth-order valence-electron chi connectivity index (χ4n) is 2.24. The minimum atomic E-state index is -0.0388. The van der Waals surface area contributed by atoms with Crippen molar-refractivity contribution in [1.82, 2.24) is 14.7 Å². The van der Waals surface area contributed by atoms with Gasteiger partial charge in [-0.2, -0.15) is 0 Å². The molecule has 0 unspecified atom stereocenters. The summed E-state index contributed by atoms with van der Waals surface area (Å²) >= 11 is 1.53. The molecule has 114 valence electrons. The number of nitrogens with zero attached hydrogens (tertiary/aromatic N) is 2. The first-order chi connectivity index (χ1) is 10.8. The molecule has 0 atom stereocenters. The van der Waals surface area contributed by atoms with E-state index >= 15 is 0 Å². The number of aliphatic hydroxyl groups excluding tert-OH is 1. The van der Waals surface area contributed by atoms with Crippen LogP contribution in [0.5, 0.6) is 0 Å². The largest absolute Gasteiger partial charge is 0.396 e. The molecule has 6 heteroatoms. The average molecular weight is 315 g/mol. The van der Waals surface area contributed by atoms with E-state index in [1.807, 2.05) is 46.3 Å². The smallest absolute Gasteiger partial charge is 0.225 e. The van der Waals surface area contributed by atoms with Crippen molar-refractivity contribution in [3.05, 3.63) is 47.6 Å². The lowest BCUT2D eigenvalue weighted by atomic mass is 10.2. The van der Waals surface area contributed by atoms with E-state index in [2.05, 4.69) is 10.3 Å². The van der Waals surface area contributed by atoms with Gasteiger partial charge in [-0.05, 0) is 6.42 Å². The maximum absolute atomic E-state index is 11.9. The zero-order valence-corrected chi connectivity index (χ0v) is 12.8. The number of imidazole rings is 1. The summed E-state index contributed by atoms with van der Waals surface area (Å²) in [6.45, 7) is 0.590. The molecule has 3 aromatic rings. The molecule has 0 fully saturated rings. The summed E-state index contributed by atoms with van der Waals surface area (Å²) in [5.74, 6) is -0.0388. The van der Waals surface area contributed by atoms with Crippen LogP contribution in [-0.2, 0) is 11.2 Å². The predicted octanol–water partition coefficient (Wildman–Crippen LogP) is 2.10. The molecule has 0 radical (unpaired) electrons. The molecule has 1 amide bonds. The molecule has 0 saturated carbocycles. The normalized spacial score (nSPS) is 11.0. The summed E-state index contributed by atoms with van der Waals surface area (Å²) in [5.41, 5.74) is 2.90. The molecular formula is C16H17N3O2S. The highest BCUT2D eigenvalue weighted by Crippen LogP contribution is 2.23. The lowest BCUT2D eigenvalue weighted by Crippen LogP contribution is -2.26. The summed E-state index contributed by atoms with van der Waals surface area (Å²) in [4.78, 5) is 17.4. The highest BCUT2D eigenvalue weighted by atomic mass is 32.1. The summed E-state index contributed by atoms with van der Waals surface area (Å²) in [6.07, 6.45) is 2.86. The van der Waals surface area contributed by atoms with E-state index in [0.29, 0.717) is 19.4 Å². The molecule has 22 heavy (non-hydrogen) atoms. The van der Waals surface area contributed by atoms with Crippen molar-refractivity contribution in [3.63, 3.8) is 0 Å². The first-order valence-corrected chi connectivity index (χ1v) is 8.04. The van der Waals surface area contributed by atoms with Crippen LogP contribution in [0.2, 0.25) is 0 Å². The molecule has 0 bridgehead atoms. The minimum absolute atomic E-state index is 0.0388. The van der Waals surface area contributed by atoms with Crippen LogP contribution in [0.4, 0.5) is 0 Å². The molecule has 3 rings (SSSR count). The second-order valence-electron chi connectivity index (χ2n) is 4.98. The van der Waals surface area contributed by atoms with Gasteiger partial charge in [0, 0.05) is 36.0 Å². The van der Waals surface area contributed by atoms with Crippen molar-refractivity contribution in [2.24, 2.45) is 0 Å². The Morgan fingerprint density at radius 2 is 2.14 bits per heavy atom. The molecular weight excluding hydrogens is 298 g/mol. The number of aromatic nitrogens is 2. The third-order valence-corrected chi connectivity index (χ3v) is 4.24. The maximum Gasteiger partial charge on any atom is 0.225 e. The van der Waals surface area contributed by atoms with Crippen LogP contribution in [0, 0.1) is 0 Å². The number of hydrogen-bond donors (Lipinski definition) is 2. The molecule has 0 aliphatic heterocycles. The van der Waals surface area contributed by atoms with Crippen molar-refractivity contribution in [1.29, 1.82) is 0 Å². The van der Waals surface area contributed by atoms with E-state index in [9.17, 15) is 4.79 Å². The van der Waals surface area contributed by atoms with E-state index in [-0.39, 0.29) is 12.5 Å². The van der Waals surface area contributed by atoms with Crippen LogP contribution in [0.25, 0.3) is 16.2 Å². The first kappa shape index (κ1) is 14.7. The molecule has 0 aliphatic rings. The van der Waals surface area contributed by atoms with Crippen LogP contribution in [0.3, 0.4) is 0 Å². The second-order valence-corrected chi connectivity index (χ2v) is 5.81. The molecule has 1 aromatic carbocycles. The molecule has 5 nitrogen and oxygen atoms in total. The number of fused-ring (bicyclic) bond motifs is 1. The Hall–Kier alpha value is -2.18. The summed E-state index contributed by atoms with van der Waals surface area (Å²) in [6, 6.07) is 9.99.